The summed E-state index contributed by atoms with van der Waals surface area (Å²) in [5.41, 5.74) is 1.47. The SMILES string of the molecule is CC(O)CCc1nc2ccc(F)cc2[nH]1. The van der Waals surface area contributed by atoms with E-state index in [2.05, 4.69) is 9.97 Å². The first kappa shape index (κ1) is 10.1. The highest BCUT2D eigenvalue weighted by Gasteiger charge is 2.04. The number of fused-ring (bicyclic) bond motifs is 1. The number of aromatic amines is 1. The number of benzene rings is 1. The monoisotopic (exact) mass is 208 g/mol. The molecule has 1 atom stereocenters. The maximum atomic E-state index is 12.9. The zero-order valence-electron chi connectivity index (χ0n) is 8.50. The standard InChI is InChI=1S/C11H13FN2O/c1-7(15)2-5-11-13-9-4-3-8(12)6-10(9)14-11/h3-4,6-7,15H,2,5H2,1H3,(H,13,14). The van der Waals surface area contributed by atoms with E-state index in [1.165, 1.54) is 12.1 Å². The largest absolute Gasteiger partial charge is 0.393 e. The zero-order chi connectivity index (χ0) is 10.8. The van der Waals surface area contributed by atoms with Crippen LogP contribution in [-0.4, -0.2) is 21.2 Å². The van der Waals surface area contributed by atoms with E-state index in [9.17, 15) is 4.39 Å². The summed E-state index contributed by atoms with van der Waals surface area (Å²) in [5.74, 6) is 0.518. The minimum atomic E-state index is -0.338. The summed E-state index contributed by atoms with van der Waals surface area (Å²) in [7, 11) is 0. The average Bonchev–Trinajstić information content (AvgIpc) is 2.56. The van der Waals surface area contributed by atoms with Gasteiger partial charge < -0.3 is 10.1 Å². The van der Waals surface area contributed by atoms with Crippen LogP contribution in [0, 0.1) is 5.82 Å². The summed E-state index contributed by atoms with van der Waals surface area (Å²) >= 11 is 0. The maximum Gasteiger partial charge on any atom is 0.125 e. The Hall–Kier alpha value is -1.42. The van der Waals surface area contributed by atoms with Crippen molar-refractivity contribution in [3.05, 3.63) is 29.8 Å². The van der Waals surface area contributed by atoms with Gasteiger partial charge in [-0.3, -0.25) is 0 Å². The number of hydrogen-bond acceptors (Lipinski definition) is 2. The van der Waals surface area contributed by atoms with Gasteiger partial charge in [-0.15, -0.1) is 0 Å². The van der Waals surface area contributed by atoms with Crippen molar-refractivity contribution >= 4 is 11.0 Å². The fraction of sp³-hybridized carbons (Fsp3) is 0.364. The van der Waals surface area contributed by atoms with Crippen LogP contribution in [0.5, 0.6) is 0 Å². The minimum absolute atomic E-state index is 0.270. The number of aliphatic hydroxyl groups is 1. The molecule has 2 rings (SSSR count). The summed E-state index contributed by atoms with van der Waals surface area (Å²) in [6, 6.07) is 4.46. The molecule has 0 bridgehead atoms. The quantitative estimate of drug-likeness (QED) is 0.810. The van der Waals surface area contributed by atoms with Gasteiger partial charge in [0.15, 0.2) is 0 Å². The third-order valence-corrected chi connectivity index (χ3v) is 2.29. The van der Waals surface area contributed by atoms with E-state index in [1.807, 2.05) is 0 Å². The fourth-order valence-corrected chi connectivity index (χ4v) is 1.50. The van der Waals surface area contributed by atoms with Crippen molar-refractivity contribution in [2.24, 2.45) is 0 Å². The van der Waals surface area contributed by atoms with E-state index < -0.39 is 0 Å². The second kappa shape index (κ2) is 3.98. The number of rotatable bonds is 3. The number of nitrogens with one attached hydrogen (secondary N) is 1. The predicted octanol–water partition coefficient (Wildman–Crippen LogP) is 2.02. The molecule has 0 aliphatic heterocycles. The Morgan fingerprint density at radius 3 is 3.07 bits per heavy atom. The van der Waals surface area contributed by atoms with Gasteiger partial charge in [0.05, 0.1) is 17.1 Å². The Balaban J connectivity index is 2.23. The highest BCUT2D eigenvalue weighted by atomic mass is 19.1. The Kier molecular flexibility index (Phi) is 2.68. The van der Waals surface area contributed by atoms with Gasteiger partial charge in [0, 0.05) is 6.42 Å². The van der Waals surface area contributed by atoms with Crippen LogP contribution in [0.1, 0.15) is 19.2 Å². The van der Waals surface area contributed by atoms with Gasteiger partial charge in [0.2, 0.25) is 0 Å². The van der Waals surface area contributed by atoms with E-state index >= 15 is 0 Å². The molecule has 2 N–H and O–H groups in total. The smallest absolute Gasteiger partial charge is 0.125 e. The topological polar surface area (TPSA) is 48.9 Å². The summed E-state index contributed by atoms with van der Waals surface area (Å²) in [4.78, 5) is 7.32. The summed E-state index contributed by atoms with van der Waals surface area (Å²) in [5, 5.41) is 9.13. The van der Waals surface area contributed by atoms with Crippen molar-refractivity contribution in [3.63, 3.8) is 0 Å². The molecule has 1 aromatic carbocycles. The second-order valence-electron chi connectivity index (χ2n) is 3.73. The van der Waals surface area contributed by atoms with Crippen molar-refractivity contribution in [1.29, 1.82) is 0 Å². The first-order valence-electron chi connectivity index (χ1n) is 4.97. The van der Waals surface area contributed by atoms with Gasteiger partial charge >= 0.3 is 0 Å². The van der Waals surface area contributed by atoms with Gasteiger partial charge in [-0.2, -0.15) is 0 Å². The molecule has 0 fully saturated rings. The van der Waals surface area contributed by atoms with Crippen LogP contribution >= 0.6 is 0 Å². The number of H-pyrrole nitrogens is 1. The molecule has 4 heteroatoms. The second-order valence-corrected chi connectivity index (χ2v) is 3.73. The summed E-state index contributed by atoms with van der Waals surface area (Å²) in [6.07, 6.45) is 0.992. The van der Waals surface area contributed by atoms with Gasteiger partial charge in [0.1, 0.15) is 11.6 Å². The molecule has 0 aliphatic carbocycles. The molecular weight excluding hydrogens is 195 g/mol. The Morgan fingerprint density at radius 2 is 2.33 bits per heavy atom. The van der Waals surface area contributed by atoms with E-state index in [0.717, 1.165) is 11.3 Å². The normalized spacial score (nSPS) is 13.3. The third-order valence-electron chi connectivity index (χ3n) is 2.29. The molecule has 0 spiro atoms. The molecule has 0 saturated carbocycles. The Labute approximate surface area is 87.0 Å². The molecule has 3 nitrogen and oxygen atoms in total. The van der Waals surface area contributed by atoms with Crippen LogP contribution in [0.15, 0.2) is 18.2 Å². The molecule has 1 aromatic heterocycles. The van der Waals surface area contributed by atoms with Gasteiger partial charge in [-0.25, -0.2) is 9.37 Å². The lowest BCUT2D eigenvalue weighted by atomic mass is 10.2. The van der Waals surface area contributed by atoms with E-state index in [4.69, 9.17) is 5.11 Å². The van der Waals surface area contributed by atoms with Crippen molar-refractivity contribution in [1.82, 2.24) is 9.97 Å². The van der Waals surface area contributed by atoms with Crippen LogP contribution in [0.25, 0.3) is 11.0 Å². The highest BCUT2D eigenvalue weighted by molar-refractivity contribution is 5.74. The van der Waals surface area contributed by atoms with Gasteiger partial charge in [0.25, 0.3) is 0 Å². The molecule has 0 radical (unpaired) electrons. The number of nitrogens with zero attached hydrogens (tertiary/aromatic N) is 1. The lowest BCUT2D eigenvalue weighted by molar-refractivity contribution is 0.184. The maximum absolute atomic E-state index is 12.9. The van der Waals surface area contributed by atoms with Crippen molar-refractivity contribution < 1.29 is 9.50 Å². The molecule has 0 aliphatic rings. The van der Waals surface area contributed by atoms with Crippen LogP contribution in [0.2, 0.25) is 0 Å². The number of aliphatic hydroxyl groups excluding tert-OH is 1. The summed E-state index contributed by atoms with van der Waals surface area (Å²) < 4.78 is 12.9. The molecule has 80 valence electrons. The van der Waals surface area contributed by atoms with E-state index in [-0.39, 0.29) is 11.9 Å². The Morgan fingerprint density at radius 1 is 1.53 bits per heavy atom. The molecular formula is C11H13FN2O. The molecule has 0 saturated heterocycles. The number of aromatic nitrogens is 2. The molecule has 2 aromatic rings. The van der Waals surface area contributed by atoms with Crippen LogP contribution in [0.4, 0.5) is 4.39 Å². The van der Waals surface area contributed by atoms with Crippen LogP contribution < -0.4 is 0 Å². The van der Waals surface area contributed by atoms with Gasteiger partial charge in [-0.1, -0.05) is 0 Å². The number of aryl methyl sites for hydroxylation is 1. The molecule has 0 amide bonds. The molecule has 1 unspecified atom stereocenters. The minimum Gasteiger partial charge on any atom is -0.393 e. The van der Waals surface area contributed by atoms with E-state index in [0.29, 0.717) is 18.4 Å². The van der Waals surface area contributed by atoms with Crippen molar-refractivity contribution in [2.75, 3.05) is 0 Å². The third kappa shape index (κ3) is 2.33. The number of imidazole rings is 1. The van der Waals surface area contributed by atoms with Crippen molar-refractivity contribution in [3.8, 4) is 0 Å². The fourth-order valence-electron chi connectivity index (χ4n) is 1.50. The first-order valence-corrected chi connectivity index (χ1v) is 4.97. The molecule has 15 heavy (non-hydrogen) atoms. The van der Waals surface area contributed by atoms with Crippen LogP contribution in [0.3, 0.4) is 0 Å². The lowest BCUT2D eigenvalue weighted by Gasteiger charge is -1.99. The van der Waals surface area contributed by atoms with E-state index in [1.54, 1.807) is 13.0 Å². The van der Waals surface area contributed by atoms with Gasteiger partial charge in [-0.05, 0) is 31.5 Å². The average molecular weight is 208 g/mol. The predicted molar refractivity (Wildman–Crippen MR) is 56.1 cm³/mol. The summed E-state index contributed by atoms with van der Waals surface area (Å²) in [6.45, 7) is 1.74. The number of hydrogen-bond donors (Lipinski definition) is 2. The Bertz CT molecular complexity index is 465. The lowest BCUT2D eigenvalue weighted by Crippen LogP contribution is -2.02. The zero-order valence-corrected chi connectivity index (χ0v) is 8.50. The van der Waals surface area contributed by atoms with Crippen LogP contribution in [-0.2, 0) is 6.42 Å². The first-order chi connectivity index (χ1) is 7.15. The van der Waals surface area contributed by atoms with Crippen molar-refractivity contribution in [2.45, 2.75) is 25.9 Å². The number of halogens is 1. The highest BCUT2D eigenvalue weighted by Crippen LogP contribution is 2.13. The molecule has 1 heterocycles.